The van der Waals surface area contributed by atoms with Crippen LogP contribution >= 0.6 is 11.3 Å². The molecule has 0 aliphatic rings. The van der Waals surface area contributed by atoms with Crippen LogP contribution in [0.5, 0.6) is 0 Å². The monoisotopic (exact) mass is 418 g/mol. The van der Waals surface area contributed by atoms with Gasteiger partial charge in [-0.25, -0.2) is 4.98 Å². The number of aryl methyl sites for hydroxylation is 1. The van der Waals surface area contributed by atoms with E-state index in [-0.39, 0.29) is 5.91 Å². The Morgan fingerprint density at radius 3 is 2.67 bits per heavy atom. The highest BCUT2D eigenvalue weighted by Gasteiger charge is 2.16. The quantitative estimate of drug-likeness (QED) is 0.404. The van der Waals surface area contributed by atoms with E-state index in [1.54, 1.807) is 6.26 Å². The number of thiazole rings is 1. The molecule has 1 N–H and O–H groups in total. The highest BCUT2D eigenvalue weighted by Crippen LogP contribution is 2.23. The van der Waals surface area contributed by atoms with E-state index in [1.807, 2.05) is 61.5 Å². The van der Waals surface area contributed by atoms with Crippen molar-refractivity contribution in [3.63, 3.8) is 0 Å². The first-order valence-electron chi connectivity index (χ1n) is 9.68. The van der Waals surface area contributed by atoms with Crippen LogP contribution in [0.2, 0.25) is 0 Å². The van der Waals surface area contributed by atoms with Gasteiger partial charge in [-0.05, 0) is 42.3 Å². The van der Waals surface area contributed by atoms with Crippen molar-refractivity contribution in [2.45, 2.75) is 26.6 Å². The summed E-state index contributed by atoms with van der Waals surface area (Å²) >= 11 is 1.44. The number of carbonyl (C=O) groups is 1. The fourth-order valence-corrected chi connectivity index (χ4v) is 4.09. The van der Waals surface area contributed by atoms with Crippen LogP contribution in [0.1, 0.15) is 37.3 Å². The van der Waals surface area contributed by atoms with Gasteiger partial charge < -0.3 is 14.5 Å². The lowest BCUT2D eigenvalue weighted by atomic mass is 10.2. The Hall–Kier alpha value is -3.22. The molecular weight excluding hydrogens is 396 g/mol. The van der Waals surface area contributed by atoms with Gasteiger partial charge in [0.15, 0.2) is 0 Å². The number of aromatic nitrogens is 1. The summed E-state index contributed by atoms with van der Waals surface area (Å²) in [6.07, 6.45) is 2.35. The third-order valence-corrected chi connectivity index (χ3v) is 5.68. The molecule has 0 aliphatic carbocycles. The zero-order valence-corrected chi connectivity index (χ0v) is 17.4. The predicted molar refractivity (Wildman–Crippen MR) is 118 cm³/mol. The molecule has 0 spiro atoms. The Balaban J connectivity index is 1.37. The average Bonchev–Trinajstić information content (AvgIpc) is 3.39. The fraction of sp³-hybridized carbons (Fsp3) is 0.167. The number of carbonyl (C=O) groups excluding carboxylic acids is 1. The minimum atomic E-state index is -0.141. The number of anilines is 1. The second-order valence-corrected chi connectivity index (χ2v) is 7.99. The van der Waals surface area contributed by atoms with Crippen molar-refractivity contribution in [3.05, 3.63) is 105 Å². The Labute approximate surface area is 179 Å². The van der Waals surface area contributed by atoms with Gasteiger partial charge in [-0.3, -0.25) is 4.79 Å². The first kappa shape index (κ1) is 20.1. The van der Waals surface area contributed by atoms with Gasteiger partial charge in [0.25, 0.3) is 5.91 Å². The lowest BCUT2D eigenvalue weighted by molar-refractivity contribution is 0.0929. The maximum atomic E-state index is 12.8. The summed E-state index contributed by atoms with van der Waals surface area (Å²) in [5.74, 6) is 0.643. The van der Waals surface area contributed by atoms with Crippen molar-refractivity contribution in [1.29, 1.82) is 0 Å². The number of hydrogen-bond donors (Lipinski definition) is 1. The molecule has 2 heterocycles. The van der Waals surface area contributed by atoms with Crippen LogP contribution < -0.4 is 5.32 Å². The van der Waals surface area contributed by atoms with Crippen LogP contribution in [0.3, 0.4) is 0 Å². The number of amides is 1. The van der Waals surface area contributed by atoms with E-state index in [4.69, 9.17) is 9.15 Å². The second-order valence-electron chi connectivity index (χ2n) is 6.91. The minimum absolute atomic E-state index is 0.141. The van der Waals surface area contributed by atoms with E-state index in [2.05, 4.69) is 22.4 Å². The van der Waals surface area contributed by atoms with Gasteiger partial charge in [-0.1, -0.05) is 42.5 Å². The number of rotatable bonds is 8. The molecule has 0 radical (unpaired) electrons. The molecule has 0 aliphatic heterocycles. The van der Waals surface area contributed by atoms with E-state index in [0.717, 1.165) is 34.1 Å². The van der Waals surface area contributed by atoms with E-state index < -0.39 is 0 Å². The number of nitrogens with one attached hydrogen (secondary N) is 1. The van der Waals surface area contributed by atoms with Crippen LogP contribution in [0.4, 0.5) is 5.69 Å². The normalized spacial score (nSPS) is 10.8. The molecular formula is C24H22N2O3S. The van der Waals surface area contributed by atoms with E-state index in [0.29, 0.717) is 18.1 Å². The van der Waals surface area contributed by atoms with Crippen LogP contribution in [-0.4, -0.2) is 10.9 Å². The van der Waals surface area contributed by atoms with Crippen molar-refractivity contribution in [3.8, 4) is 0 Å². The topological polar surface area (TPSA) is 64.4 Å². The summed E-state index contributed by atoms with van der Waals surface area (Å²) < 4.78 is 10.9. The van der Waals surface area contributed by atoms with Crippen LogP contribution in [0.15, 0.2) is 77.4 Å². The second kappa shape index (κ2) is 9.52. The Bertz CT molecular complexity index is 1100. The number of benzene rings is 2. The number of nitrogens with zero attached hydrogens (tertiary/aromatic N) is 1. The van der Waals surface area contributed by atoms with Gasteiger partial charge in [0.05, 0.1) is 23.6 Å². The van der Waals surface area contributed by atoms with Crippen LogP contribution in [-0.2, 0) is 24.4 Å². The molecule has 0 fully saturated rings. The number of hydrogen-bond acceptors (Lipinski definition) is 5. The average molecular weight is 419 g/mol. The standard InChI is InChI=1S/C24H22N2O3S/c1-17-23(30-22(25-17)14-18-7-3-2-4-8-18)24(27)26-20-10-5-9-19(13-20)15-28-16-21-11-6-12-29-21/h2-13H,14-16H2,1H3,(H,26,27). The molecule has 30 heavy (non-hydrogen) atoms. The van der Waals surface area contributed by atoms with Crippen molar-refractivity contribution < 1.29 is 13.9 Å². The number of furan rings is 1. The van der Waals surface area contributed by atoms with Gasteiger partial charge >= 0.3 is 0 Å². The maximum Gasteiger partial charge on any atom is 0.267 e. The molecule has 2 aromatic heterocycles. The van der Waals surface area contributed by atoms with Crippen LogP contribution in [0, 0.1) is 6.92 Å². The smallest absolute Gasteiger partial charge is 0.267 e. The molecule has 0 bridgehead atoms. The molecule has 152 valence electrons. The predicted octanol–water partition coefficient (Wildman–Crippen LogP) is 5.60. The molecule has 6 heteroatoms. The Morgan fingerprint density at radius 1 is 1.03 bits per heavy atom. The van der Waals surface area contributed by atoms with Crippen molar-refractivity contribution in [2.24, 2.45) is 0 Å². The highest BCUT2D eigenvalue weighted by molar-refractivity contribution is 7.14. The zero-order valence-electron chi connectivity index (χ0n) is 16.6. The minimum Gasteiger partial charge on any atom is -0.467 e. The molecule has 0 unspecified atom stereocenters. The summed E-state index contributed by atoms with van der Waals surface area (Å²) in [5.41, 5.74) is 3.64. The Morgan fingerprint density at radius 2 is 1.87 bits per heavy atom. The summed E-state index contributed by atoms with van der Waals surface area (Å²) in [5, 5.41) is 3.91. The van der Waals surface area contributed by atoms with E-state index in [9.17, 15) is 4.79 Å². The van der Waals surface area contributed by atoms with Gasteiger partial charge in [0.1, 0.15) is 17.2 Å². The SMILES string of the molecule is Cc1nc(Cc2ccccc2)sc1C(=O)Nc1cccc(COCc2ccco2)c1. The van der Waals surface area contributed by atoms with Crippen molar-refractivity contribution >= 4 is 22.9 Å². The van der Waals surface area contributed by atoms with Crippen molar-refractivity contribution in [2.75, 3.05) is 5.32 Å². The molecule has 5 nitrogen and oxygen atoms in total. The summed E-state index contributed by atoms with van der Waals surface area (Å²) in [4.78, 5) is 18.0. The molecule has 2 aromatic carbocycles. The largest absolute Gasteiger partial charge is 0.467 e. The van der Waals surface area contributed by atoms with E-state index >= 15 is 0 Å². The Kier molecular flexibility index (Phi) is 6.37. The summed E-state index contributed by atoms with van der Waals surface area (Å²) in [6.45, 7) is 2.72. The fourth-order valence-electron chi connectivity index (χ4n) is 3.10. The van der Waals surface area contributed by atoms with E-state index in [1.165, 1.54) is 16.9 Å². The third kappa shape index (κ3) is 5.23. The van der Waals surface area contributed by atoms with Gasteiger partial charge in [0.2, 0.25) is 0 Å². The molecule has 4 aromatic rings. The molecule has 1 amide bonds. The summed E-state index contributed by atoms with van der Waals surface area (Å²) in [6, 6.07) is 21.5. The number of ether oxygens (including phenoxy) is 1. The zero-order chi connectivity index (χ0) is 20.8. The summed E-state index contributed by atoms with van der Waals surface area (Å²) in [7, 11) is 0. The first-order valence-corrected chi connectivity index (χ1v) is 10.5. The molecule has 4 rings (SSSR count). The highest BCUT2D eigenvalue weighted by atomic mass is 32.1. The lowest BCUT2D eigenvalue weighted by Gasteiger charge is -2.07. The van der Waals surface area contributed by atoms with Gasteiger partial charge in [-0.2, -0.15) is 0 Å². The molecule has 0 saturated heterocycles. The first-order chi connectivity index (χ1) is 14.7. The van der Waals surface area contributed by atoms with Crippen molar-refractivity contribution in [1.82, 2.24) is 4.98 Å². The lowest BCUT2D eigenvalue weighted by Crippen LogP contribution is -2.11. The maximum absolute atomic E-state index is 12.8. The van der Waals surface area contributed by atoms with Crippen LogP contribution in [0.25, 0.3) is 0 Å². The third-order valence-electron chi connectivity index (χ3n) is 4.52. The molecule has 0 saturated carbocycles. The molecule has 0 atom stereocenters. The van der Waals surface area contributed by atoms with Gasteiger partial charge in [-0.15, -0.1) is 11.3 Å². The van der Waals surface area contributed by atoms with Gasteiger partial charge in [0, 0.05) is 12.1 Å².